The van der Waals surface area contributed by atoms with E-state index in [9.17, 15) is 18.3 Å². The number of rotatable bonds is 5. The summed E-state index contributed by atoms with van der Waals surface area (Å²) < 4.78 is 30.1. The quantitative estimate of drug-likeness (QED) is 0.828. The van der Waals surface area contributed by atoms with Crippen molar-refractivity contribution < 1.29 is 17.9 Å². The van der Waals surface area contributed by atoms with E-state index in [2.05, 4.69) is 0 Å². The van der Waals surface area contributed by atoms with Crippen LogP contribution in [0.25, 0.3) is 11.1 Å². The highest BCUT2D eigenvalue weighted by atomic mass is 32.2. The molecule has 0 radical (unpaired) electrons. The Hall–Kier alpha value is -1.64. The summed E-state index contributed by atoms with van der Waals surface area (Å²) in [6, 6.07) is 6.76. The standard InChI is InChI=1S/C15H20N2O5S/c1-2-16(12-9-23(20,21)10-13(12)18)7-8-17-11-5-3-4-6-14(11)22-15(17)19/h3-6,12-13,18H,2,7-10H2,1H3/t12-,13-/m1/s1. The number of likely N-dealkylation sites (N-methyl/N-ethyl adjacent to an activating group) is 1. The maximum Gasteiger partial charge on any atom is 0.419 e. The second-order valence-electron chi connectivity index (χ2n) is 5.83. The van der Waals surface area contributed by atoms with Crippen LogP contribution in [0.3, 0.4) is 0 Å². The van der Waals surface area contributed by atoms with Gasteiger partial charge in [-0.3, -0.25) is 9.47 Å². The van der Waals surface area contributed by atoms with E-state index in [0.29, 0.717) is 30.7 Å². The SMILES string of the molecule is CCN(CCn1c(=O)oc2ccccc21)[C@@H]1CS(=O)(=O)C[C@H]1O. The minimum Gasteiger partial charge on any atom is -0.408 e. The van der Waals surface area contributed by atoms with E-state index in [1.54, 1.807) is 12.1 Å². The molecule has 126 valence electrons. The van der Waals surface area contributed by atoms with Crippen LogP contribution in [0.1, 0.15) is 6.92 Å². The van der Waals surface area contributed by atoms with Crippen LogP contribution >= 0.6 is 0 Å². The van der Waals surface area contributed by atoms with Gasteiger partial charge in [0.2, 0.25) is 0 Å². The zero-order valence-corrected chi connectivity index (χ0v) is 13.7. The van der Waals surface area contributed by atoms with Crippen LogP contribution in [-0.2, 0) is 16.4 Å². The summed E-state index contributed by atoms with van der Waals surface area (Å²) in [4.78, 5) is 13.9. The number of aromatic nitrogens is 1. The molecule has 1 saturated heterocycles. The van der Waals surface area contributed by atoms with Gasteiger partial charge in [0, 0.05) is 13.1 Å². The van der Waals surface area contributed by atoms with Gasteiger partial charge in [0.05, 0.1) is 29.2 Å². The molecule has 23 heavy (non-hydrogen) atoms. The third kappa shape index (κ3) is 3.19. The van der Waals surface area contributed by atoms with Crippen LogP contribution in [0.4, 0.5) is 0 Å². The molecule has 2 aromatic rings. The van der Waals surface area contributed by atoms with Gasteiger partial charge in [0.15, 0.2) is 15.4 Å². The number of oxazole rings is 1. The zero-order valence-electron chi connectivity index (χ0n) is 12.9. The average molecular weight is 340 g/mol. The molecule has 0 saturated carbocycles. The van der Waals surface area contributed by atoms with Crippen molar-refractivity contribution in [2.24, 2.45) is 0 Å². The highest BCUT2D eigenvalue weighted by Gasteiger charge is 2.39. The first-order chi connectivity index (χ1) is 10.9. The van der Waals surface area contributed by atoms with E-state index < -0.39 is 27.7 Å². The fourth-order valence-electron chi connectivity index (χ4n) is 3.17. The Morgan fingerprint density at radius 3 is 2.74 bits per heavy atom. The maximum atomic E-state index is 12.0. The Bertz CT molecular complexity index is 854. The molecule has 0 unspecified atom stereocenters. The van der Waals surface area contributed by atoms with E-state index >= 15 is 0 Å². The molecule has 1 aromatic heterocycles. The Morgan fingerprint density at radius 2 is 2.09 bits per heavy atom. The molecular weight excluding hydrogens is 320 g/mol. The van der Waals surface area contributed by atoms with Gasteiger partial charge >= 0.3 is 5.76 Å². The maximum absolute atomic E-state index is 12.0. The number of fused-ring (bicyclic) bond motifs is 1. The molecule has 0 bridgehead atoms. The van der Waals surface area contributed by atoms with Crippen molar-refractivity contribution in [3.63, 3.8) is 0 Å². The lowest BCUT2D eigenvalue weighted by atomic mass is 10.2. The van der Waals surface area contributed by atoms with Crippen molar-refractivity contribution in [2.75, 3.05) is 24.6 Å². The molecule has 2 heterocycles. The van der Waals surface area contributed by atoms with Gasteiger partial charge in [-0.05, 0) is 18.7 Å². The molecule has 2 atom stereocenters. The highest BCUT2D eigenvalue weighted by Crippen LogP contribution is 2.19. The normalized spacial score (nSPS) is 23.8. The average Bonchev–Trinajstić information content (AvgIpc) is 2.95. The number of aliphatic hydroxyl groups is 1. The Kier molecular flexibility index (Phi) is 4.31. The topological polar surface area (TPSA) is 92.8 Å². The molecule has 0 aliphatic carbocycles. The molecule has 1 aliphatic rings. The molecule has 1 aliphatic heterocycles. The molecule has 1 fully saturated rings. The van der Waals surface area contributed by atoms with Gasteiger partial charge in [-0.25, -0.2) is 13.2 Å². The van der Waals surface area contributed by atoms with Crippen molar-refractivity contribution >= 4 is 20.9 Å². The fourth-order valence-corrected chi connectivity index (χ4v) is 5.00. The van der Waals surface area contributed by atoms with Gasteiger partial charge in [-0.1, -0.05) is 19.1 Å². The minimum atomic E-state index is -3.19. The number of hydrogen-bond acceptors (Lipinski definition) is 6. The van der Waals surface area contributed by atoms with Crippen LogP contribution in [0.2, 0.25) is 0 Å². The molecule has 8 heteroatoms. The van der Waals surface area contributed by atoms with Gasteiger partial charge < -0.3 is 9.52 Å². The van der Waals surface area contributed by atoms with Crippen LogP contribution in [0.5, 0.6) is 0 Å². The molecular formula is C15H20N2O5S. The lowest BCUT2D eigenvalue weighted by molar-refractivity contribution is 0.0840. The predicted octanol–water partition coefficient (Wildman–Crippen LogP) is 0.0743. The van der Waals surface area contributed by atoms with Crippen LogP contribution < -0.4 is 5.76 Å². The van der Waals surface area contributed by atoms with E-state index in [-0.39, 0.29) is 11.5 Å². The van der Waals surface area contributed by atoms with Crippen molar-refractivity contribution in [3.05, 3.63) is 34.8 Å². The predicted molar refractivity (Wildman–Crippen MR) is 86.2 cm³/mol. The summed E-state index contributed by atoms with van der Waals surface area (Å²) in [5.74, 6) is -0.659. The lowest BCUT2D eigenvalue weighted by Gasteiger charge is -2.28. The zero-order chi connectivity index (χ0) is 16.6. The molecule has 7 nitrogen and oxygen atoms in total. The van der Waals surface area contributed by atoms with Crippen molar-refractivity contribution in [1.29, 1.82) is 0 Å². The van der Waals surface area contributed by atoms with Crippen LogP contribution in [-0.4, -0.2) is 59.7 Å². The number of benzene rings is 1. The summed E-state index contributed by atoms with van der Waals surface area (Å²) in [6.07, 6.45) is -0.877. The number of nitrogens with zero attached hydrogens (tertiary/aromatic N) is 2. The van der Waals surface area contributed by atoms with Gasteiger partial charge in [0.1, 0.15) is 0 Å². The fraction of sp³-hybridized carbons (Fsp3) is 0.533. The first kappa shape index (κ1) is 16.2. The molecule has 0 amide bonds. The summed E-state index contributed by atoms with van der Waals surface area (Å²) in [5, 5.41) is 10.0. The molecule has 3 rings (SSSR count). The van der Waals surface area contributed by atoms with Gasteiger partial charge in [0.25, 0.3) is 0 Å². The minimum absolute atomic E-state index is 0.0387. The van der Waals surface area contributed by atoms with Crippen LogP contribution in [0, 0.1) is 0 Å². The first-order valence-corrected chi connectivity index (χ1v) is 9.44. The lowest BCUT2D eigenvalue weighted by Crippen LogP contribution is -2.44. The largest absolute Gasteiger partial charge is 0.419 e. The van der Waals surface area contributed by atoms with E-state index in [1.807, 2.05) is 24.0 Å². The van der Waals surface area contributed by atoms with Gasteiger partial charge in [-0.15, -0.1) is 0 Å². The monoisotopic (exact) mass is 340 g/mol. The Morgan fingerprint density at radius 1 is 1.35 bits per heavy atom. The second kappa shape index (κ2) is 6.10. The molecule has 1 N–H and O–H groups in total. The van der Waals surface area contributed by atoms with Crippen molar-refractivity contribution in [2.45, 2.75) is 25.6 Å². The Balaban J connectivity index is 1.78. The van der Waals surface area contributed by atoms with E-state index in [1.165, 1.54) is 4.57 Å². The van der Waals surface area contributed by atoms with E-state index in [0.717, 1.165) is 0 Å². The summed E-state index contributed by atoms with van der Waals surface area (Å²) >= 11 is 0. The second-order valence-corrected chi connectivity index (χ2v) is 7.98. The summed E-state index contributed by atoms with van der Waals surface area (Å²) in [7, 11) is -3.19. The Labute approximate surface area is 134 Å². The molecule has 0 spiro atoms. The van der Waals surface area contributed by atoms with Gasteiger partial charge in [-0.2, -0.15) is 0 Å². The number of sulfone groups is 1. The van der Waals surface area contributed by atoms with Crippen molar-refractivity contribution in [3.8, 4) is 0 Å². The number of para-hydroxylation sites is 2. The number of aliphatic hydroxyl groups excluding tert-OH is 1. The third-order valence-corrected chi connectivity index (χ3v) is 6.05. The highest BCUT2D eigenvalue weighted by molar-refractivity contribution is 7.91. The summed E-state index contributed by atoms with van der Waals surface area (Å²) in [5.41, 5.74) is 1.25. The van der Waals surface area contributed by atoms with E-state index in [4.69, 9.17) is 4.42 Å². The van der Waals surface area contributed by atoms with Crippen molar-refractivity contribution in [1.82, 2.24) is 9.47 Å². The third-order valence-electron chi connectivity index (χ3n) is 4.35. The smallest absolute Gasteiger partial charge is 0.408 e. The number of hydrogen-bond donors (Lipinski definition) is 1. The molecule has 1 aromatic carbocycles. The van der Waals surface area contributed by atoms with Crippen LogP contribution in [0.15, 0.2) is 33.5 Å². The first-order valence-electron chi connectivity index (χ1n) is 7.62. The summed E-state index contributed by atoms with van der Waals surface area (Å²) in [6.45, 7) is 3.36.